The summed E-state index contributed by atoms with van der Waals surface area (Å²) >= 11 is 5.31. The molecule has 0 aromatic heterocycles. The van der Waals surface area contributed by atoms with E-state index in [0.29, 0.717) is 17.7 Å². The second-order valence-corrected chi connectivity index (χ2v) is 6.50. The molecule has 2 aromatic rings. The average Bonchev–Trinajstić information content (AvgIpc) is 2.56. The first kappa shape index (κ1) is 18.4. The number of anilines is 1. The Bertz CT molecular complexity index is 671. The highest BCUT2D eigenvalue weighted by Crippen LogP contribution is 2.13. The van der Waals surface area contributed by atoms with Gasteiger partial charge in [0.15, 0.2) is 5.11 Å². The molecular formula is C19H24FN3S. The van der Waals surface area contributed by atoms with Gasteiger partial charge in [0, 0.05) is 24.8 Å². The fraction of sp³-hybridized carbons (Fsp3) is 0.316. The summed E-state index contributed by atoms with van der Waals surface area (Å²) in [5.41, 5.74) is 3.26. The lowest BCUT2D eigenvalue weighted by molar-refractivity contribution is 0.265. The molecule has 2 aromatic carbocycles. The minimum absolute atomic E-state index is 0.261. The average molecular weight is 345 g/mol. The Kier molecular flexibility index (Phi) is 6.70. The van der Waals surface area contributed by atoms with Crippen LogP contribution in [0.4, 0.5) is 10.1 Å². The van der Waals surface area contributed by atoms with Crippen LogP contribution in [0.2, 0.25) is 0 Å². The highest BCUT2D eigenvalue weighted by molar-refractivity contribution is 7.80. The molecule has 0 radical (unpaired) electrons. The maximum Gasteiger partial charge on any atom is 0.171 e. The van der Waals surface area contributed by atoms with Gasteiger partial charge in [0.1, 0.15) is 5.82 Å². The Morgan fingerprint density at radius 1 is 1.08 bits per heavy atom. The van der Waals surface area contributed by atoms with E-state index in [4.69, 9.17) is 12.2 Å². The minimum Gasteiger partial charge on any atom is -0.358 e. The first-order chi connectivity index (χ1) is 11.5. The number of benzene rings is 2. The molecule has 0 fully saturated rings. The van der Waals surface area contributed by atoms with Gasteiger partial charge in [-0.2, -0.15) is 0 Å². The predicted octanol–water partition coefficient (Wildman–Crippen LogP) is 4.15. The summed E-state index contributed by atoms with van der Waals surface area (Å²) in [6.07, 6.45) is 0. The topological polar surface area (TPSA) is 27.3 Å². The van der Waals surface area contributed by atoms with E-state index in [0.717, 1.165) is 12.2 Å². The van der Waals surface area contributed by atoms with Gasteiger partial charge >= 0.3 is 0 Å². The Hall–Kier alpha value is -1.98. The van der Waals surface area contributed by atoms with Crippen LogP contribution in [0, 0.1) is 5.82 Å². The SMILES string of the molecule is CC(C)N(C)Cc1ccccc1CNC(=S)Nc1ccc(F)cc1. The summed E-state index contributed by atoms with van der Waals surface area (Å²) in [7, 11) is 2.12. The number of nitrogens with zero attached hydrogens (tertiary/aromatic N) is 1. The van der Waals surface area contributed by atoms with Crippen LogP contribution in [0.3, 0.4) is 0 Å². The number of halogens is 1. The summed E-state index contributed by atoms with van der Waals surface area (Å²) in [5, 5.41) is 6.80. The lowest BCUT2D eigenvalue weighted by atomic mass is 10.1. The first-order valence-electron chi connectivity index (χ1n) is 8.03. The van der Waals surface area contributed by atoms with Gasteiger partial charge in [0.25, 0.3) is 0 Å². The van der Waals surface area contributed by atoms with E-state index < -0.39 is 0 Å². The number of rotatable bonds is 6. The normalized spacial score (nSPS) is 10.9. The highest BCUT2D eigenvalue weighted by atomic mass is 32.1. The van der Waals surface area contributed by atoms with E-state index in [2.05, 4.69) is 54.6 Å². The predicted molar refractivity (Wildman–Crippen MR) is 103 cm³/mol. The molecule has 128 valence electrons. The van der Waals surface area contributed by atoms with Gasteiger partial charge in [-0.25, -0.2) is 4.39 Å². The van der Waals surface area contributed by atoms with Crippen molar-refractivity contribution in [3.8, 4) is 0 Å². The van der Waals surface area contributed by atoms with E-state index in [9.17, 15) is 4.39 Å². The molecule has 2 N–H and O–H groups in total. The number of hydrogen-bond donors (Lipinski definition) is 2. The van der Waals surface area contributed by atoms with Gasteiger partial charge in [-0.1, -0.05) is 24.3 Å². The molecule has 3 nitrogen and oxygen atoms in total. The van der Waals surface area contributed by atoms with Crippen molar-refractivity contribution in [1.29, 1.82) is 0 Å². The smallest absolute Gasteiger partial charge is 0.171 e. The molecule has 0 heterocycles. The number of hydrogen-bond acceptors (Lipinski definition) is 2. The first-order valence-corrected chi connectivity index (χ1v) is 8.44. The third kappa shape index (κ3) is 5.58. The lowest BCUT2D eigenvalue weighted by Crippen LogP contribution is -2.29. The van der Waals surface area contributed by atoms with Crippen molar-refractivity contribution in [2.75, 3.05) is 12.4 Å². The Morgan fingerprint density at radius 3 is 2.33 bits per heavy atom. The lowest BCUT2D eigenvalue weighted by Gasteiger charge is -2.22. The Morgan fingerprint density at radius 2 is 1.71 bits per heavy atom. The van der Waals surface area contributed by atoms with Crippen molar-refractivity contribution in [1.82, 2.24) is 10.2 Å². The molecule has 0 saturated carbocycles. The van der Waals surface area contributed by atoms with Crippen LogP contribution in [0.5, 0.6) is 0 Å². The van der Waals surface area contributed by atoms with Crippen molar-refractivity contribution in [2.45, 2.75) is 33.0 Å². The minimum atomic E-state index is -0.261. The third-order valence-corrected chi connectivity index (χ3v) is 4.21. The standard InChI is InChI=1S/C19H24FN3S/c1-14(2)23(3)13-16-7-5-4-6-15(16)12-21-19(24)22-18-10-8-17(20)9-11-18/h4-11,14H,12-13H2,1-3H3,(H2,21,22,24). The Balaban J connectivity index is 1.93. The summed E-state index contributed by atoms with van der Waals surface area (Å²) in [5.74, 6) is -0.261. The molecule has 0 aliphatic heterocycles. The van der Waals surface area contributed by atoms with Crippen LogP contribution < -0.4 is 10.6 Å². The maximum absolute atomic E-state index is 12.9. The Labute approximate surface area is 148 Å². The van der Waals surface area contributed by atoms with Crippen molar-refractivity contribution in [3.05, 3.63) is 65.5 Å². The molecule has 0 saturated heterocycles. The quantitative estimate of drug-likeness (QED) is 0.769. The van der Waals surface area contributed by atoms with E-state index in [1.165, 1.54) is 23.3 Å². The molecule has 0 aliphatic carbocycles. The van der Waals surface area contributed by atoms with Gasteiger partial charge in [-0.3, -0.25) is 4.90 Å². The molecule has 0 spiro atoms. The van der Waals surface area contributed by atoms with Gasteiger partial charge < -0.3 is 10.6 Å². The van der Waals surface area contributed by atoms with Crippen molar-refractivity contribution >= 4 is 23.0 Å². The fourth-order valence-electron chi connectivity index (χ4n) is 2.22. The fourth-order valence-corrected chi connectivity index (χ4v) is 2.41. The molecule has 0 bridgehead atoms. The van der Waals surface area contributed by atoms with Crippen molar-refractivity contribution in [3.63, 3.8) is 0 Å². The maximum atomic E-state index is 12.9. The molecule has 24 heavy (non-hydrogen) atoms. The van der Waals surface area contributed by atoms with Gasteiger partial charge in [-0.05, 0) is 68.5 Å². The van der Waals surface area contributed by atoms with Gasteiger partial charge in [0.2, 0.25) is 0 Å². The third-order valence-electron chi connectivity index (χ3n) is 3.96. The van der Waals surface area contributed by atoms with Crippen LogP contribution in [0.25, 0.3) is 0 Å². The number of thiocarbonyl (C=S) groups is 1. The van der Waals surface area contributed by atoms with Gasteiger partial charge in [0.05, 0.1) is 0 Å². The summed E-state index contributed by atoms with van der Waals surface area (Å²) < 4.78 is 12.9. The number of nitrogens with one attached hydrogen (secondary N) is 2. The summed E-state index contributed by atoms with van der Waals surface area (Å²) in [6, 6.07) is 15.0. The monoisotopic (exact) mass is 345 g/mol. The molecule has 0 aliphatic rings. The second kappa shape index (κ2) is 8.76. The van der Waals surface area contributed by atoms with Crippen LogP contribution >= 0.6 is 12.2 Å². The van der Waals surface area contributed by atoms with Crippen molar-refractivity contribution in [2.24, 2.45) is 0 Å². The van der Waals surface area contributed by atoms with E-state index in [1.54, 1.807) is 12.1 Å². The van der Waals surface area contributed by atoms with Crippen LogP contribution in [-0.2, 0) is 13.1 Å². The molecule has 5 heteroatoms. The van der Waals surface area contributed by atoms with Gasteiger partial charge in [-0.15, -0.1) is 0 Å². The molecule has 0 amide bonds. The van der Waals surface area contributed by atoms with Crippen LogP contribution in [0.1, 0.15) is 25.0 Å². The zero-order chi connectivity index (χ0) is 17.5. The van der Waals surface area contributed by atoms with Crippen LogP contribution in [-0.4, -0.2) is 23.1 Å². The molecule has 0 unspecified atom stereocenters. The van der Waals surface area contributed by atoms with E-state index in [1.807, 2.05) is 6.07 Å². The van der Waals surface area contributed by atoms with E-state index in [-0.39, 0.29) is 5.82 Å². The molecular weight excluding hydrogens is 321 g/mol. The summed E-state index contributed by atoms with van der Waals surface area (Å²) in [4.78, 5) is 2.30. The largest absolute Gasteiger partial charge is 0.358 e. The summed E-state index contributed by atoms with van der Waals surface area (Å²) in [6.45, 7) is 5.91. The molecule has 2 rings (SSSR count). The zero-order valence-corrected chi connectivity index (χ0v) is 15.2. The molecule has 0 atom stereocenters. The second-order valence-electron chi connectivity index (χ2n) is 6.09. The highest BCUT2D eigenvalue weighted by Gasteiger charge is 2.08. The van der Waals surface area contributed by atoms with E-state index >= 15 is 0 Å². The van der Waals surface area contributed by atoms with Crippen molar-refractivity contribution < 1.29 is 4.39 Å². The van der Waals surface area contributed by atoms with Crippen LogP contribution in [0.15, 0.2) is 48.5 Å². The zero-order valence-electron chi connectivity index (χ0n) is 14.3.